The highest BCUT2D eigenvalue weighted by atomic mass is 79.9. The maximum Gasteiger partial charge on any atom is 0.271 e. The van der Waals surface area contributed by atoms with Crippen LogP contribution in [0.15, 0.2) is 22.8 Å². The number of carbonyl (C=O) groups excluding carboxylic acids is 1. The van der Waals surface area contributed by atoms with Crippen LogP contribution in [0.3, 0.4) is 0 Å². The molecule has 88 valence electrons. The number of aromatic nitrogens is 1. The molecule has 1 N–H and O–H groups in total. The van der Waals surface area contributed by atoms with Crippen molar-refractivity contribution in [2.75, 3.05) is 12.8 Å². The van der Waals surface area contributed by atoms with E-state index in [1.165, 1.54) is 0 Å². The van der Waals surface area contributed by atoms with Gasteiger partial charge in [-0.3, -0.25) is 4.79 Å². The SMILES string of the molecule is CSC(C)CCNC(=O)c1ncccc1Br. The smallest absolute Gasteiger partial charge is 0.271 e. The molecule has 1 aromatic rings. The van der Waals surface area contributed by atoms with Crippen LogP contribution in [0.1, 0.15) is 23.8 Å². The standard InChI is InChI=1S/C11H15BrN2OS/c1-8(16-2)5-7-14-11(15)10-9(12)4-3-6-13-10/h3-4,6,8H,5,7H2,1-2H3,(H,14,15). The van der Waals surface area contributed by atoms with Crippen LogP contribution in [-0.2, 0) is 0 Å². The number of nitrogens with one attached hydrogen (secondary N) is 1. The second kappa shape index (κ2) is 6.91. The van der Waals surface area contributed by atoms with Crippen molar-refractivity contribution >= 4 is 33.6 Å². The Hall–Kier alpha value is -0.550. The molecule has 1 amide bonds. The highest BCUT2D eigenvalue weighted by Crippen LogP contribution is 2.13. The maximum atomic E-state index is 11.7. The van der Waals surface area contributed by atoms with Gasteiger partial charge in [0.25, 0.3) is 5.91 Å². The molecule has 0 fully saturated rings. The van der Waals surface area contributed by atoms with Crippen molar-refractivity contribution in [3.05, 3.63) is 28.5 Å². The van der Waals surface area contributed by atoms with Crippen LogP contribution in [0.2, 0.25) is 0 Å². The Morgan fingerprint density at radius 2 is 2.44 bits per heavy atom. The molecule has 0 spiro atoms. The maximum absolute atomic E-state index is 11.7. The summed E-state index contributed by atoms with van der Waals surface area (Å²) in [4.78, 5) is 15.8. The summed E-state index contributed by atoms with van der Waals surface area (Å²) in [5, 5.41) is 3.42. The first kappa shape index (κ1) is 13.5. The summed E-state index contributed by atoms with van der Waals surface area (Å²) in [6.45, 7) is 2.83. The normalized spacial score (nSPS) is 12.2. The van der Waals surface area contributed by atoms with Crippen LogP contribution < -0.4 is 5.32 Å². The predicted molar refractivity (Wildman–Crippen MR) is 71.9 cm³/mol. The molecule has 0 aromatic carbocycles. The summed E-state index contributed by atoms with van der Waals surface area (Å²) in [5.74, 6) is -0.124. The third-order valence-electron chi connectivity index (χ3n) is 2.21. The van der Waals surface area contributed by atoms with Crippen LogP contribution >= 0.6 is 27.7 Å². The van der Waals surface area contributed by atoms with Crippen molar-refractivity contribution in [2.45, 2.75) is 18.6 Å². The van der Waals surface area contributed by atoms with E-state index in [2.05, 4.69) is 39.4 Å². The van der Waals surface area contributed by atoms with Crippen LogP contribution in [-0.4, -0.2) is 28.9 Å². The van der Waals surface area contributed by atoms with E-state index in [9.17, 15) is 4.79 Å². The van der Waals surface area contributed by atoms with Gasteiger partial charge in [-0.05, 0) is 40.7 Å². The molecule has 0 aliphatic rings. The van der Waals surface area contributed by atoms with E-state index in [0.717, 1.165) is 10.9 Å². The molecule has 0 saturated carbocycles. The van der Waals surface area contributed by atoms with E-state index in [1.54, 1.807) is 24.0 Å². The summed E-state index contributed by atoms with van der Waals surface area (Å²) >= 11 is 5.10. The van der Waals surface area contributed by atoms with Crippen molar-refractivity contribution in [1.29, 1.82) is 0 Å². The van der Waals surface area contributed by atoms with Gasteiger partial charge >= 0.3 is 0 Å². The van der Waals surface area contributed by atoms with E-state index in [4.69, 9.17) is 0 Å². The highest BCUT2D eigenvalue weighted by molar-refractivity contribution is 9.10. The zero-order valence-corrected chi connectivity index (χ0v) is 11.8. The van der Waals surface area contributed by atoms with E-state index >= 15 is 0 Å². The molecule has 1 atom stereocenters. The van der Waals surface area contributed by atoms with Crippen LogP contribution in [0.5, 0.6) is 0 Å². The topological polar surface area (TPSA) is 42.0 Å². The number of halogens is 1. The zero-order chi connectivity index (χ0) is 12.0. The molecule has 0 aliphatic heterocycles. The molecular weight excluding hydrogens is 288 g/mol. The van der Waals surface area contributed by atoms with Crippen LogP contribution in [0.25, 0.3) is 0 Å². The van der Waals surface area contributed by atoms with Crippen molar-refractivity contribution in [2.24, 2.45) is 0 Å². The molecule has 1 rings (SSSR count). The van der Waals surface area contributed by atoms with E-state index in [-0.39, 0.29) is 5.91 Å². The first-order chi connectivity index (χ1) is 7.65. The van der Waals surface area contributed by atoms with Crippen LogP contribution in [0.4, 0.5) is 0 Å². The number of carbonyl (C=O) groups is 1. The van der Waals surface area contributed by atoms with E-state index < -0.39 is 0 Å². The number of rotatable bonds is 5. The lowest BCUT2D eigenvalue weighted by Crippen LogP contribution is -2.27. The van der Waals surface area contributed by atoms with Gasteiger partial charge in [-0.1, -0.05) is 6.92 Å². The fourth-order valence-corrected chi connectivity index (χ4v) is 1.93. The molecule has 16 heavy (non-hydrogen) atoms. The van der Waals surface area contributed by atoms with Gasteiger partial charge in [0.2, 0.25) is 0 Å². The minimum absolute atomic E-state index is 0.124. The third-order valence-corrected chi connectivity index (χ3v) is 3.89. The predicted octanol–water partition coefficient (Wildman–Crippen LogP) is 2.72. The number of hydrogen-bond acceptors (Lipinski definition) is 3. The first-order valence-electron chi connectivity index (χ1n) is 5.06. The lowest BCUT2D eigenvalue weighted by atomic mass is 10.3. The molecule has 0 radical (unpaired) electrons. The minimum Gasteiger partial charge on any atom is -0.351 e. The van der Waals surface area contributed by atoms with Crippen molar-refractivity contribution in [3.8, 4) is 0 Å². The molecule has 1 aromatic heterocycles. The lowest BCUT2D eigenvalue weighted by Gasteiger charge is -2.09. The quantitative estimate of drug-likeness (QED) is 0.909. The molecule has 0 saturated heterocycles. The number of pyridine rings is 1. The van der Waals surface area contributed by atoms with Gasteiger partial charge in [-0.2, -0.15) is 11.8 Å². The Morgan fingerprint density at radius 1 is 1.69 bits per heavy atom. The number of hydrogen-bond donors (Lipinski definition) is 1. The van der Waals surface area contributed by atoms with E-state index in [1.807, 2.05) is 6.07 Å². The number of thioether (sulfide) groups is 1. The fraction of sp³-hybridized carbons (Fsp3) is 0.455. The summed E-state index contributed by atoms with van der Waals surface area (Å²) in [7, 11) is 0. The number of amides is 1. The van der Waals surface area contributed by atoms with E-state index in [0.29, 0.717) is 17.5 Å². The lowest BCUT2D eigenvalue weighted by molar-refractivity contribution is 0.0947. The third kappa shape index (κ3) is 4.14. The van der Waals surface area contributed by atoms with Gasteiger partial charge in [0, 0.05) is 22.5 Å². The monoisotopic (exact) mass is 302 g/mol. The number of nitrogens with zero attached hydrogens (tertiary/aromatic N) is 1. The molecule has 5 heteroatoms. The van der Waals surface area contributed by atoms with Gasteiger partial charge in [0.1, 0.15) is 5.69 Å². The summed E-state index contributed by atoms with van der Waals surface area (Å²) < 4.78 is 0.727. The molecule has 1 heterocycles. The Labute approximate surface area is 109 Å². The molecular formula is C11H15BrN2OS. The summed E-state index contributed by atoms with van der Waals surface area (Å²) in [5.41, 5.74) is 0.444. The summed E-state index contributed by atoms with van der Waals surface area (Å²) in [6.07, 6.45) is 4.66. The van der Waals surface area contributed by atoms with Gasteiger partial charge in [0.15, 0.2) is 0 Å². The Bertz CT molecular complexity index is 360. The largest absolute Gasteiger partial charge is 0.351 e. The minimum atomic E-state index is -0.124. The second-order valence-electron chi connectivity index (χ2n) is 3.42. The van der Waals surface area contributed by atoms with Gasteiger partial charge in [0.05, 0.1) is 0 Å². The van der Waals surface area contributed by atoms with Gasteiger partial charge < -0.3 is 5.32 Å². The average molecular weight is 303 g/mol. The Morgan fingerprint density at radius 3 is 3.06 bits per heavy atom. The summed E-state index contributed by atoms with van der Waals surface area (Å²) in [6, 6.07) is 3.60. The first-order valence-corrected chi connectivity index (χ1v) is 7.14. The molecule has 1 unspecified atom stereocenters. The van der Waals surface area contributed by atoms with Gasteiger partial charge in [-0.25, -0.2) is 4.98 Å². The molecule has 3 nitrogen and oxygen atoms in total. The van der Waals surface area contributed by atoms with Crippen molar-refractivity contribution < 1.29 is 4.79 Å². The van der Waals surface area contributed by atoms with Crippen molar-refractivity contribution in [3.63, 3.8) is 0 Å². The fourth-order valence-electron chi connectivity index (χ4n) is 1.14. The average Bonchev–Trinajstić information content (AvgIpc) is 2.29. The van der Waals surface area contributed by atoms with Gasteiger partial charge in [-0.15, -0.1) is 0 Å². The highest BCUT2D eigenvalue weighted by Gasteiger charge is 2.10. The second-order valence-corrected chi connectivity index (χ2v) is 5.56. The Balaban J connectivity index is 2.44. The zero-order valence-electron chi connectivity index (χ0n) is 9.37. The van der Waals surface area contributed by atoms with Crippen LogP contribution in [0, 0.1) is 0 Å². The molecule has 0 bridgehead atoms. The Kier molecular flexibility index (Phi) is 5.84. The van der Waals surface area contributed by atoms with Crippen molar-refractivity contribution in [1.82, 2.24) is 10.3 Å². The molecule has 0 aliphatic carbocycles.